The number of halogens is 2. The number of carbonyl (C=O) groups is 1. The van der Waals surface area contributed by atoms with Crippen molar-refractivity contribution in [1.29, 1.82) is 0 Å². The van der Waals surface area contributed by atoms with Gasteiger partial charge in [0.15, 0.2) is 0 Å². The molecule has 1 aromatic carbocycles. The van der Waals surface area contributed by atoms with Crippen LogP contribution in [0, 0.1) is 12.7 Å². The van der Waals surface area contributed by atoms with Crippen LogP contribution in [-0.2, 0) is 4.74 Å². The third-order valence-corrected chi connectivity index (χ3v) is 4.26. The summed E-state index contributed by atoms with van der Waals surface area (Å²) >= 11 is 5.88. The first-order valence-electron chi connectivity index (χ1n) is 8.57. The fourth-order valence-electron chi connectivity index (χ4n) is 2.64. The average Bonchev–Trinajstić information content (AvgIpc) is 2.65. The molecule has 0 atom stereocenters. The van der Waals surface area contributed by atoms with E-state index in [0.29, 0.717) is 24.9 Å². The first-order chi connectivity index (χ1) is 13.0. The molecule has 1 saturated heterocycles. The van der Waals surface area contributed by atoms with Gasteiger partial charge in [-0.3, -0.25) is 4.79 Å². The summed E-state index contributed by atoms with van der Waals surface area (Å²) in [6.07, 6.45) is 0. The Balaban J connectivity index is 1.52. The third kappa shape index (κ3) is 5.27. The molecule has 1 aliphatic rings. The molecule has 1 aliphatic heterocycles. The molecule has 144 valence electrons. The third-order valence-electron chi connectivity index (χ3n) is 3.95. The number of rotatable bonds is 6. The van der Waals surface area contributed by atoms with Crippen molar-refractivity contribution in [3.8, 4) is 5.88 Å². The summed E-state index contributed by atoms with van der Waals surface area (Å²) in [7, 11) is 0. The fraction of sp³-hybridized carbons (Fsp3) is 0.389. The number of morpholine rings is 1. The highest BCUT2D eigenvalue weighted by molar-refractivity contribution is 6.33. The number of ether oxygens (including phenoxy) is 2. The minimum absolute atomic E-state index is 0.0648. The van der Waals surface area contributed by atoms with E-state index in [1.54, 1.807) is 13.0 Å². The van der Waals surface area contributed by atoms with E-state index >= 15 is 0 Å². The van der Waals surface area contributed by atoms with Crippen molar-refractivity contribution in [3.05, 3.63) is 46.5 Å². The number of aromatic nitrogens is 2. The summed E-state index contributed by atoms with van der Waals surface area (Å²) in [5.74, 6) is 0.962. The Morgan fingerprint density at radius 3 is 2.85 bits per heavy atom. The average molecular weight is 395 g/mol. The fourth-order valence-corrected chi connectivity index (χ4v) is 2.90. The molecule has 1 aromatic heterocycles. The molecular weight excluding hydrogens is 375 g/mol. The van der Waals surface area contributed by atoms with Crippen molar-refractivity contribution in [2.24, 2.45) is 0 Å². The Hall–Kier alpha value is -2.45. The Morgan fingerprint density at radius 2 is 2.11 bits per heavy atom. The molecular formula is C18H20ClFN4O3. The molecule has 0 radical (unpaired) electrons. The number of amides is 1. The van der Waals surface area contributed by atoms with E-state index in [9.17, 15) is 9.18 Å². The molecule has 0 bridgehead atoms. The van der Waals surface area contributed by atoms with Gasteiger partial charge in [-0.2, -0.15) is 4.98 Å². The normalized spacial score (nSPS) is 14.1. The Kier molecular flexibility index (Phi) is 6.41. The van der Waals surface area contributed by atoms with Crippen LogP contribution in [0.2, 0.25) is 5.02 Å². The highest BCUT2D eigenvalue weighted by Gasteiger charge is 2.15. The zero-order valence-corrected chi connectivity index (χ0v) is 15.6. The minimum atomic E-state index is -0.491. The van der Waals surface area contributed by atoms with E-state index < -0.39 is 11.7 Å². The molecule has 7 nitrogen and oxygen atoms in total. The second kappa shape index (κ2) is 8.96. The predicted molar refractivity (Wildman–Crippen MR) is 99.0 cm³/mol. The van der Waals surface area contributed by atoms with Gasteiger partial charge in [0.2, 0.25) is 5.88 Å². The topological polar surface area (TPSA) is 76.6 Å². The van der Waals surface area contributed by atoms with Crippen molar-refractivity contribution in [2.45, 2.75) is 6.92 Å². The lowest BCUT2D eigenvalue weighted by molar-refractivity contribution is 0.0946. The van der Waals surface area contributed by atoms with Crippen LogP contribution < -0.4 is 15.0 Å². The summed E-state index contributed by atoms with van der Waals surface area (Å²) in [5.41, 5.74) is 0.213. The summed E-state index contributed by atoms with van der Waals surface area (Å²) in [4.78, 5) is 22.9. The van der Waals surface area contributed by atoms with Gasteiger partial charge in [0.25, 0.3) is 5.91 Å². The maximum absolute atomic E-state index is 13.0. The molecule has 1 N–H and O–H groups in total. The smallest absolute Gasteiger partial charge is 0.252 e. The van der Waals surface area contributed by atoms with Crippen LogP contribution in [-0.4, -0.2) is 55.3 Å². The highest BCUT2D eigenvalue weighted by Crippen LogP contribution is 2.19. The predicted octanol–water partition coefficient (Wildman–Crippen LogP) is 2.22. The summed E-state index contributed by atoms with van der Waals surface area (Å²) < 4.78 is 24.0. The van der Waals surface area contributed by atoms with Gasteiger partial charge in [0.1, 0.15) is 24.1 Å². The molecule has 1 fully saturated rings. The molecule has 3 rings (SSSR count). The zero-order valence-electron chi connectivity index (χ0n) is 14.9. The maximum atomic E-state index is 13.0. The van der Waals surface area contributed by atoms with Crippen molar-refractivity contribution < 1.29 is 18.7 Å². The van der Waals surface area contributed by atoms with E-state index in [-0.39, 0.29) is 23.7 Å². The molecule has 2 aromatic rings. The van der Waals surface area contributed by atoms with Crippen LogP contribution in [0.4, 0.5) is 10.2 Å². The summed E-state index contributed by atoms with van der Waals surface area (Å²) in [6, 6.07) is 5.41. The first-order valence-corrected chi connectivity index (χ1v) is 8.95. The number of benzene rings is 1. The molecule has 9 heteroatoms. The van der Waals surface area contributed by atoms with Crippen LogP contribution in [0.25, 0.3) is 0 Å². The number of aryl methyl sites for hydroxylation is 1. The largest absolute Gasteiger partial charge is 0.476 e. The second-order valence-electron chi connectivity index (χ2n) is 5.94. The van der Waals surface area contributed by atoms with Crippen molar-refractivity contribution in [3.63, 3.8) is 0 Å². The SMILES string of the molecule is Cc1nc(OCCNC(=O)c2ccc(F)cc2Cl)cc(N2CCOCC2)n1. The van der Waals surface area contributed by atoms with Gasteiger partial charge < -0.3 is 19.7 Å². The van der Waals surface area contributed by atoms with Crippen LogP contribution in [0.5, 0.6) is 5.88 Å². The van der Waals surface area contributed by atoms with Crippen molar-refractivity contribution in [2.75, 3.05) is 44.4 Å². The standard InChI is InChI=1S/C18H20ClFN4O3/c1-12-22-16(24-5-8-26-9-6-24)11-17(23-12)27-7-4-21-18(25)14-3-2-13(20)10-15(14)19/h2-3,10-11H,4-9H2,1H3,(H,21,25). The molecule has 0 saturated carbocycles. The van der Waals surface area contributed by atoms with Crippen molar-refractivity contribution in [1.82, 2.24) is 15.3 Å². The minimum Gasteiger partial charge on any atom is -0.476 e. The van der Waals surface area contributed by atoms with Gasteiger partial charge in [0.05, 0.1) is 30.3 Å². The second-order valence-corrected chi connectivity index (χ2v) is 6.35. The quantitative estimate of drug-likeness (QED) is 0.757. The van der Waals surface area contributed by atoms with E-state index in [1.165, 1.54) is 12.1 Å². The highest BCUT2D eigenvalue weighted by atomic mass is 35.5. The van der Waals surface area contributed by atoms with Gasteiger partial charge >= 0.3 is 0 Å². The number of carbonyl (C=O) groups excluding carboxylic acids is 1. The zero-order chi connectivity index (χ0) is 19.2. The van der Waals surface area contributed by atoms with E-state index in [2.05, 4.69) is 20.2 Å². The lowest BCUT2D eigenvalue weighted by atomic mass is 10.2. The molecule has 0 spiro atoms. The number of nitrogens with one attached hydrogen (secondary N) is 1. The van der Waals surface area contributed by atoms with Crippen LogP contribution >= 0.6 is 11.6 Å². The Bertz CT molecular complexity index is 815. The number of nitrogens with zero attached hydrogens (tertiary/aromatic N) is 3. The summed E-state index contributed by atoms with van der Waals surface area (Å²) in [5, 5.41) is 2.75. The number of hydrogen-bond acceptors (Lipinski definition) is 6. The van der Waals surface area contributed by atoms with Crippen LogP contribution in [0.1, 0.15) is 16.2 Å². The monoisotopic (exact) mass is 394 g/mol. The number of anilines is 1. The molecule has 0 unspecified atom stereocenters. The van der Waals surface area contributed by atoms with E-state index in [1.807, 2.05) is 0 Å². The molecule has 27 heavy (non-hydrogen) atoms. The van der Waals surface area contributed by atoms with E-state index in [4.69, 9.17) is 21.1 Å². The van der Waals surface area contributed by atoms with Gasteiger partial charge in [-0.05, 0) is 25.1 Å². The molecule has 2 heterocycles. The van der Waals surface area contributed by atoms with Gasteiger partial charge in [0, 0.05) is 19.2 Å². The van der Waals surface area contributed by atoms with Gasteiger partial charge in [-0.15, -0.1) is 0 Å². The lowest BCUT2D eigenvalue weighted by Crippen LogP contribution is -2.37. The molecule has 0 aliphatic carbocycles. The van der Waals surface area contributed by atoms with Crippen LogP contribution in [0.15, 0.2) is 24.3 Å². The van der Waals surface area contributed by atoms with Crippen LogP contribution in [0.3, 0.4) is 0 Å². The Morgan fingerprint density at radius 1 is 1.33 bits per heavy atom. The first kappa shape index (κ1) is 19.3. The number of hydrogen-bond donors (Lipinski definition) is 1. The lowest BCUT2D eigenvalue weighted by Gasteiger charge is -2.28. The van der Waals surface area contributed by atoms with E-state index in [0.717, 1.165) is 25.0 Å². The molecule has 1 amide bonds. The Labute approximate surface area is 161 Å². The van der Waals surface area contributed by atoms with Gasteiger partial charge in [-0.1, -0.05) is 11.6 Å². The summed E-state index contributed by atoms with van der Waals surface area (Å²) in [6.45, 7) is 5.14. The van der Waals surface area contributed by atoms with Crippen molar-refractivity contribution >= 4 is 23.3 Å². The maximum Gasteiger partial charge on any atom is 0.252 e. The van der Waals surface area contributed by atoms with Gasteiger partial charge in [-0.25, -0.2) is 9.37 Å².